The highest BCUT2D eigenvalue weighted by atomic mass is 15.1. The van der Waals surface area contributed by atoms with Gasteiger partial charge in [0.15, 0.2) is 0 Å². The van der Waals surface area contributed by atoms with Gasteiger partial charge in [-0.1, -0.05) is 261 Å². The number of fused-ring (bicyclic) bond motifs is 6. The molecule has 1 heteroatoms. The molecule has 0 bridgehead atoms. The summed E-state index contributed by atoms with van der Waals surface area (Å²) in [5, 5.41) is 0. The van der Waals surface area contributed by atoms with Crippen LogP contribution >= 0.6 is 0 Å². The number of para-hydroxylation sites is 1. The Labute approximate surface area is 398 Å². The van der Waals surface area contributed by atoms with Crippen molar-refractivity contribution < 1.29 is 0 Å². The van der Waals surface area contributed by atoms with Gasteiger partial charge in [-0.15, -0.1) is 0 Å². The Morgan fingerprint density at radius 1 is 0.277 bits per heavy atom. The van der Waals surface area contributed by atoms with Crippen LogP contribution in [0.25, 0.3) is 22.3 Å². The van der Waals surface area contributed by atoms with Gasteiger partial charge in [-0.25, -0.2) is 0 Å². The van der Waals surface area contributed by atoms with Crippen molar-refractivity contribution in [1.29, 1.82) is 0 Å². The summed E-state index contributed by atoms with van der Waals surface area (Å²) < 4.78 is 0. The molecule has 0 atom stereocenters. The van der Waals surface area contributed by atoms with Crippen LogP contribution in [0.4, 0.5) is 17.1 Å². The van der Waals surface area contributed by atoms with E-state index in [0.29, 0.717) is 0 Å². The minimum Gasteiger partial charge on any atom is -0.310 e. The van der Waals surface area contributed by atoms with Crippen LogP contribution in [0.1, 0.15) is 230 Å². The van der Waals surface area contributed by atoms with Crippen molar-refractivity contribution in [3.05, 3.63) is 138 Å². The molecule has 0 saturated carbocycles. The molecule has 0 unspecified atom stereocenters. The predicted molar refractivity (Wildman–Crippen MR) is 286 cm³/mol. The number of hydrogen-bond donors (Lipinski definition) is 0. The lowest BCUT2D eigenvalue weighted by atomic mass is 9.70. The Balaban J connectivity index is 1.30. The Morgan fingerprint density at radius 2 is 0.585 bits per heavy atom. The first-order valence-corrected chi connectivity index (χ1v) is 27.5. The van der Waals surface area contributed by atoms with E-state index < -0.39 is 0 Å². The van der Waals surface area contributed by atoms with E-state index >= 15 is 0 Å². The fraction of sp³-hybridized carbons (Fsp3) is 0.531. The average molecular weight is 870 g/mol. The molecule has 5 aromatic rings. The standard InChI is InChI=1S/C64H87N/c1-5-9-13-17-21-32-46-63(47-33-22-18-14-10-6-2)59-40-30-28-38-55(59)57-44-42-53(50-61(57)63)65(52-36-26-25-27-37-52)54-43-45-58-56-39-29-31-41-60(56)64(62(58)51-54,48-34-23-19-15-11-7-3)49-35-24-20-16-12-8-4/h25-31,36-45,50-51H,5-24,32-35,46-49H2,1-4H3. The zero-order chi connectivity index (χ0) is 45.2. The van der Waals surface area contributed by atoms with Crippen molar-refractivity contribution in [3.63, 3.8) is 0 Å². The third-order valence-corrected chi connectivity index (χ3v) is 15.9. The maximum absolute atomic E-state index is 2.67. The molecule has 65 heavy (non-hydrogen) atoms. The van der Waals surface area contributed by atoms with Crippen LogP contribution < -0.4 is 4.90 Å². The highest BCUT2D eigenvalue weighted by molar-refractivity contribution is 5.88. The molecule has 2 aliphatic rings. The molecule has 0 spiro atoms. The third kappa shape index (κ3) is 11.5. The van der Waals surface area contributed by atoms with E-state index in [1.807, 2.05) is 0 Å². The van der Waals surface area contributed by atoms with Gasteiger partial charge >= 0.3 is 0 Å². The van der Waals surface area contributed by atoms with Crippen molar-refractivity contribution >= 4 is 17.1 Å². The van der Waals surface area contributed by atoms with Crippen LogP contribution in [0.2, 0.25) is 0 Å². The fourth-order valence-corrected chi connectivity index (χ4v) is 12.3. The van der Waals surface area contributed by atoms with Crippen LogP contribution in [0.5, 0.6) is 0 Å². The molecule has 0 aliphatic heterocycles. The summed E-state index contributed by atoms with van der Waals surface area (Å²) in [5.74, 6) is 0. The molecular formula is C64H87N. The van der Waals surface area contributed by atoms with Crippen LogP contribution in [0.15, 0.2) is 115 Å². The minimum absolute atomic E-state index is 0.0444. The summed E-state index contributed by atoms with van der Waals surface area (Å²) in [7, 11) is 0. The van der Waals surface area contributed by atoms with Gasteiger partial charge in [-0.2, -0.15) is 0 Å². The van der Waals surface area contributed by atoms with Gasteiger partial charge in [0.05, 0.1) is 0 Å². The molecule has 0 N–H and O–H groups in total. The van der Waals surface area contributed by atoms with E-state index in [2.05, 4.69) is 148 Å². The molecule has 0 saturated heterocycles. The van der Waals surface area contributed by atoms with Crippen molar-refractivity contribution in [2.24, 2.45) is 0 Å². The lowest BCUT2D eigenvalue weighted by Gasteiger charge is -2.35. The van der Waals surface area contributed by atoms with Gasteiger partial charge in [0.1, 0.15) is 0 Å². The number of anilines is 3. The van der Waals surface area contributed by atoms with E-state index in [4.69, 9.17) is 0 Å². The lowest BCUT2D eigenvalue weighted by molar-refractivity contribution is 0.398. The summed E-state index contributed by atoms with van der Waals surface area (Å²) in [6, 6.07) is 45.7. The largest absolute Gasteiger partial charge is 0.310 e. The van der Waals surface area contributed by atoms with Crippen molar-refractivity contribution in [2.45, 2.75) is 218 Å². The number of rotatable bonds is 31. The van der Waals surface area contributed by atoms with Gasteiger partial charge in [-0.05, 0) is 107 Å². The maximum atomic E-state index is 2.67. The summed E-state index contributed by atoms with van der Waals surface area (Å²) in [6.07, 6.45) is 37.1. The second-order valence-corrected chi connectivity index (χ2v) is 20.5. The second kappa shape index (κ2) is 25.1. The monoisotopic (exact) mass is 870 g/mol. The Bertz CT molecular complexity index is 1990. The number of unbranched alkanes of at least 4 members (excludes halogenated alkanes) is 20. The van der Waals surface area contributed by atoms with Crippen molar-refractivity contribution in [1.82, 2.24) is 0 Å². The Morgan fingerprint density at radius 3 is 0.954 bits per heavy atom. The quantitative estimate of drug-likeness (QED) is 0.0401. The predicted octanol–water partition coefficient (Wildman–Crippen LogP) is 20.7. The maximum Gasteiger partial charge on any atom is 0.0465 e. The summed E-state index contributed by atoms with van der Waals surface area (Å²) in [5.41, 5.74) is 16.1. The second-order valence-electron chi connectivity index (χ2n) is 20.5. The van der Waals surface area contributed by atoms with E-state index in [1.165, 1.54) is 219 Å². The number of benzene rings is 5. The first-order valence-electron chi connectivity index (χ1n) is 27.5. The Hall–Kier alpha value is -4.10. The molecule has 0 aromatic heterocycles. The zero-order valence-corrected chi connectivity index (χ0v) is 41.7. The number of hydrogen-bond acceptors (Lipinski definition) is 1. The summed E-state index contributed by atoms with van der Waals surface area (Å²) in [4.78, 5) is 2.62. The molecule has 1 nitrogen and oxygen atoms in total. The molecule has 5 aromatic carbocycles. The van der Waals surface area contributed by atoms with E-state index in [1.54, 1.807) is 22.3 Å². The SMILES string of the molecule is CCCCCCCCC1(CCCCCCCC)c2ccccc2-c2ccc(N(c3ccccc3)c3ccc4c(c3)C(CCCCCCCC)(CCCCCCCC)c3ccccc3-4)cc21. The lowest BCUT2D eigenvalue weighted by Crippen LogP contribution is -2.26. The fourth-order valence-electron chi connectivity index (χ4n) is 12.3. The zero-order valence-electron chi connectivity index (χ0n) is 41.7. The minimum atomic E-state index is 0.0444. The first-order chi connectivity index (χ1) is 32.1. The van der Waals surface area contributed by atoms with Gasteiger partial charge in [0, 0.05) is 27.9 Å². The molecule has 0 heterocycles. The topological polar surface area (TPSA) is 3.24 Å². The molecule has 7 rings (SSSR count). The first kappa shape index (κ1) is 48.8. The molecule has 2 aliphatic carbocycles. The van der Waals surface area contributed by atoms with E-state index in [0.717, 1.165) is 0 Å². The van der Waals surface area contributed by atoms with Gasteiger partial charge in [0.25, 0.3) is 0 Å². The van der Waals surface area contributed by atoms with Gasteiger partial charge in [0.2, 0.25) is 0 Å². The normalized spacial score (nSPS) is 14.0. The summed E-state index contributed by atoms with van der Waals surface area (Å²) >= 11 is 0. The highest BCUT2D eigenvalue weighted by Gasteiger charge is 2.44. The number of nitrogens with zero attached hydrogens (tertiary/aromatic N) is 1. The molecular weight excluding hydrogens is 783 g/mol. The van der Waals surface area contributed by atoms with Crippen LogP contribution in [0, 0.1) is 0 Å². The smallest absolute Gasteiger partial charge is 0.0465 e. The third-order valence-electron chi connectivity index (χ3n) is 15.9. The molecule has 0 fully saturated rings. The molecule has 348 valence electrons. The van der Waals surface area contributed by atoms with Gasteiger partial charge < -0.3 is 4.90 Å². The van der Waals surface area contributed by atoms with E-state index in [-0.39, 0.29) is 10.8 Å². The van der Waals surface area contributed by atoms with Crippen LogP contribution in [-0.2, 0) is 10.8 Å². The molecule has 0 amide bonds. The van der Waals surface area contributed by atoms with Crippen molar-refractivity contribution in [2.75, 3.05) is 4.90 Å². The van der Waals surface area contributed by atoms with Crippen molar-refractivity contribution in [3.8, 4) is 22.3 Å². The average Bonchev–Trinajstić information content (AvgIpc) is 3.77. The Kier molecular flexibility index (Phi) is 18.9. The molecule has 0 radical (unpaired) electrons. The highest BCUT2D eigenvalue weighted by Crippen LogP contribution is 2.58. The van der Waals surface area contributed by atoms with Crippen LogP contribution in [-0.4, -0.2) is 0 Å². The van der Waals surface area contributed by atoms with Gasteiger partial charge in [-0.3, -0.25) is 0 Å². The summed E-state index contributed by atoms with van der Waals surface area (Å²) in [6.45, 7) is 9.35. The van der Waals surface area contributed by atoms with Crippen LogP contribution in [0.3, 0.4) is 0 Å². The van der Waals surface area contributed by atoms with E-state index in [9.17, 15) is 0 Å².